The number of hydrogen-bond donors (Lipinski definition) is 3. The summed E-state index contributed by atoms with van der Waals surface area (Å²) in [6.45, 7) is 9.56. The van der Waals surface area contributed by atoms with Gasteiger partial charge in [-0.15, -0.1) is 24.0 Å². The third kappa shape index (κ3) is 6.72. The van der Waals surface area contributed by atoms with Crippen molar-refractivity contribution in [3.8, 4) is 0 Å². The van der Waals surface area contributed by atoms with Gasteiger partial charge in [-0.3, -0.25) is 4.99 Å². The lowest BCUT2D eigenvalue weighted by molar-refractivity contribution is -0.0106. The number of aliphatic hydroxyl groups excluding tert-OH is 1. The Balaban J connectivity index is 0.00000300. The molecule has 0 bridgehead atoms. The molecule has 2 saturated heterocycles. The van der Waals surface area contributed by atoms with Crippen molar-refractivity contribution in [3.05, 3.63) is 29.8 Å². The first-order valence-corrected chi connectivity index (χ1v) is 10.7. The molecule has 0 aliphatic carbocycles. The number of aliphatic imine (C=N–C) groups is 1. The number of benzene rings is 1. The van der Waals surface area contributed by atoms with Crippen molar-refractivity contribution in [1.29, 1.82) is 0 Å². The molecule has 0 aromatic heterocycles. The summed E-state index contributed by atoms with van der Waals surface area (Å²) < 4.78 is 5.46. The summed E-state index contributed by atoms with van der Waals surface area (Å²) in [5.74, 6) is 0.806. The number of nitrogens with one attached hydrogen (secondary N) is 2. The fourth-order valence-electron chi connectivity index (χ4n) is 3.99. The zero-order valence-corrected chi connectivity index (χ0v) is 20.2. The molecule has 0 amide bonds. The number of hydrogen-bond acceptors (Lipinski definition) is 4. The molecular formula is C22H37IN4O2. The van der Waals surface area contributed by atoms with Gasteiger partial charge in [0.2, 0.25) is 0 Å². The second kappa shape index (κ2) is 12.0. The van der Waals surface area contributed by atoms with Gasteiger partial charge in [0.15, 0.2) is 5.96 Å². The SMILES string of the molecule is CCNC(=NCC1(CO)CCOCC1)NC(C)c1cccc(N2CCCC2)c1.I. The summed E-state index contributed by atoms with van der Waals surface area (Å²) in [7, 11) is 0. The first-order chi connectivity index (χ1) is 13.7. The van der Waals surface area contributed by atoms with E-state index in [1.165, 1.54) is 24.1 Å². The molecule has 1 aromatic carbocycles. The minimum absolute atomic E-state index is 0. The maximum Gasteiger partial charge on any atom is 0.191 e. The fraction of sp³-hybridized carbons (Fsp3) is 0.682. The van der Waals surface area contributed by atoms with E-state index in [2.05, 4.69) is 53.6 Å². The molecule has 2 aliphatic rings. The zero-order chi connectivity index (χ0) is 19.8. The van der Waals surface area contributed by atoms with Crippen LogP contribution < -0.4 is 15.5 Å². The van der Waals surface area contributed by atoms with Crippen LogP contribution in [0.1, 0.15) is 51.1 Å². The molecule has 1 unspecified atom stereocenters. The number of nitrogens with zero attached hydrogens (tertiary/aromatic N) is 2. The smallest absolute Gasteiger partial charge is 0.191 e. The van der Waals surface area contributed by atoms with Gasteiger partial charge in [-0.05, 0) is 57.2 Å². The van der Waals surface area contributed by atoms with Crippen LogP contribution in [0.4, 0.5) is 5.69 Å². The highest BCUT2D eigenvalue weighted by atomic mass is 127. The van der Waals surface area contributed by atoms with Gasteiger partial charge < -0.3 is 25.4 Å². The molecule has 0 radical (unpaired) electrons. The molecule has 0 spiro atoms. The number of halogens is 1. The number of rotatable bonds is 7. The van der Waals surface area contributed by atoms with Crippen LogP contribution in [0.15, 0.2) is 29.3 Å². The Morgan fingerprint density at radius 3 is 2.66 bits per heavy atom. The lowest BCUT2D eigenvalue weighted by Gasteiger charge is -2.34. The second-order valence-electron chi connectivity index (χ2n) is 8.12. The first kappa shape index (κ1) is 24.2. The van der Waals surface area contributed by atoms with Gasteiger partial charge in [0.05, 0.1) is 19.2 Å². The summed E-state index contributed by atoms with van der Waals surface area (Å²) in [5, 5.41) is 16.8. The third-order valence-electron chi connectivity index (χ3n) is 6.00. The van der Waals surface area contributed by atoms with Gasteiger partial charge in [-0.25, -0.2) is 0 Å². The molecule has 2 fully saturated rings. The van der Waals surface area contributed by atoms with Crippen molar-refractivity contribution < 1.29 is 9.84 Å². The van der Waals surface area contributed by atoms with Crippen LogP contribution in [0, 0.1) is 5.41 Å². The van der Waals surface area contributed by atoms with Crippen molar-refractivity contribution in [2.45, 2.75) is 45.6 Å². The molecule has 2 aliphatic heterocycles. The van der Waals surface area contributed by atoms with Gasteiger partial charge in [-0.2, -0.15) is 0 Å². The van der Waals surface area contributed by atoms with E-state index in [9.17, 15) is 5.11 Å². The Kier molecular flexibility index (Phi) is 9.98. The maximum atomic E-state index is 9.91. The van der Waals surface area contributed by atoms with Crippen LogP contribution in [0.3, 0.4) is 0 Å². The number of guanidine groups is 1. The van der Waals surface area contributed by atoms with Gasteiger partial charge in [0, 0.05) is 44.0 Å². The summed E-state index contributed by atoms with van der Waals surface area (Å²) >= 11 is 0. The summed E-state index contributed by atoms with van der Waals surface area (Å²) in [6.07, 6.45) is 4.29. The summed E-state index contributed by atoms with van der Waals surface area (Å²) in [6, 6.07) is 8.97. The van der Waals surface area contributed by atoms with Gasteiger partial charge >= 0.3 is 0 Å². The highest BCUT2D eigenvalue weighted by Crippen LogP contribution is 2.30. The van der Waals surface area contributed by atoms with E-state index in [1.807, 2.05) is 0 Å². The van der Waals surface area contributed by atoms with Crippen molar-refractivity contribution in [2.75, 3.05) is 50.9 Å². The monoisotopic (exact) mass is 516 g/mol. The van der Waals surface area contributed by atoms with E-state index in [0.717, 1.165) is 38.4 Å². The second-order valence-corrected chi connectivity index (χ2v) is 8.12. The molecule has 164 valence electrons. The average Bonchev–Trinajstić information content (AvgIpc) is 3.28. The Hall–Kier alpha value is -1.06. The predicted molar refractivity (Wildman–Crippen MR) is 130 cm³/mol. The Labute approximate surface area is 192 Å². The number of aliphatic hydroxyl groups is 1. The molecular weight excluding hydrogens is 479 g/mol. The highest BCUT2D eigenvalue weighted by Gasteiger charge is 2.32. The quantitative estimate of drug-likeness (QED) is 0.295. The molecule has 3 N–H and O–H groups in total. The van der Waals surface area contributed by atoms with Crippen molar-refractivity contribution in [1.82, 2.24) is 10.6 Å². The lowest BCUT2D eigenvalue weighted by Crippen LogP contribution is -2.41. The van der Waals surface area contributed by atoms with Crippen LogP contribution in [0.2, 0.25) is 0 Å². The van der Waals surface area contributed by atoms with Crippen LogP contribution in [-0.4, -0.2) is 57.1 Å². The minimum atomic E-state index is -0.153. The van der Waals surface area contributed by atoms with Gasteiger partial charge in [-0.1, -0.05) is 12.1 Å². The summed E-state index contributed by atoms with van der Waals surface area (Å²) in [4.78, 5) is 7.28. The normalized spacial score (nSPS) is 20.1. The molecule has 7 heteroatoms. The van der Waals surface area contributed by atoms with Crippen LogP contribution in [0.5, 0.6) is 0 Å². The van der Waals surface area contributed by atoms with E-state index < -0.39 is 0 Å². The average molecular weight is 516 g/mol. The molecule has 6 nitrogen and oxygen atoms in total. The van der Waals surface area contributed by atoms with Gasteiger partial charge in [0.1, 0.15) is 0 Å². The predicted octanol–water partition coefficient (Wildman–Crippen LogP) is 3.31. The highest BCUT2D eigenvalue weighted by molar-refractivity contribution is 14.0. The zero-order valence-electron chi connectivity index (χ0n) is 17.8. The van der Waals surface area contributed by atoms with Crippen LogP contribution in [-0.2, 0) is 4.74 Å². The molecule has 3 rings (SSSR count). The topological polar surface area (TPSA) is 69.1 Å². The standard InChI is InChI=1S/C22H36N4O2.HI/c1-3-23-21(24-16-22(17-27)9-13-28-14-10-22)25-18(2)19-7-6-8-20(15-19)26-11-4-5-12-26;/h6-8,15,18,27H,3-5,9-14,16-17H2,1-2H3,(H2,23,24,25);1H. The van der Waals surface area contributed by atoms with E-state index >= 15 is 0 Å². The third-order valence-corrected chi connectivity index (χ3v) is 6.00. The van der Waals surface area contributed by atoms with Crippen LogP contribution >= 0.6 is 24.0 Å². The molecule has 1 atom stereocenters. The lowest BCUT2D eigenvalue weighted by atomic mass is 9.81. The van der Waals surface area contributed by atoms with Crippen molar-refractivity contribution >= 4 is 35.6 Å². The van der Waals surface area contributed by atoms with E-state index in [0.29, 0.717) is 19.8 Å². The minimum Gasteiger partial charge on any atom is -0.396 e. The van der Waals surface area contributed by atoms with Crippen molar-refractivity contribution in [2.24, 2.45) is 10.4 Å². The molecule has 1 aromatic rings. The van der Waals surface area contributed by atoms with E-state index in [4.69, 9.17) is 9.73 Å². The number of anilines is 1. The molecule has 2 heterocycles. The Morgan fingerprint density at radius 2 is 2.00 bits per heavy atom. The Bertz CT molecular complexity index is 643. The fourth-order valence-corrected chi connectivity index (χ4v) is 3.99. The molecule has 29 heavy (non-hydrogen) atoms. The molecule has 0 saturated carbocycles. The van der Waals surface area contributed by atoms with Gasteiger partial charge in [0.25, 0.3) is 0 Å². The number of ether oxygens (including phenoxy) is 1. The van der Waals surface area contributed by atoms with Crippen molar-refractivity contribution in [3.63, 3.8) is 0 Å². The van der Waals surface area contributed by atoms with E-state index in [1.54, 1.807) is 0 Å². The van der Waals surface area contributed by atoms with Crippen LogP contribution in [0.25, 0.3) is 0 Å². The van der Waals surface area contributed by atoms with E-state index in [-0.39, 0.29) is 42.0 Å². The first-order valence-electron chi connectivity index (χ1n) is 10.7. The summed E-state index contributed by atoms with van der Waals surface area (Å²) in [5.41, 5.74) is 2.42. The maximum absolute atomic E-state index is 9.91. The Morgan fingerprint density at radius 1 is 1.28 bits per heavy atom. The largest absolute Gasteiger partial charge is 0.396 e.